The number of aliphatic hydroxyl groups is 1. The van der Waals surface area contributed by atoms with E-state index in [2.05, 4.69) is 16.5 Å². The molecule has 0 bridgehead atoms. The zero-order valence-electron chi connectivity index (χ0n) is 8.36. The van der Waals surface area contributed by atoms with E-state index in [4.69, 9.17) is 10.4 Å². The number of hydrogen-bond acceptors (Lipinski definition) is 4. The minimum absolute atomic E-state index is 0.0253. The van der Waals surface area contributed by atoms with Crippen molar-refractivity contribution in [2.45, 2.75) is 13.0 Å². The van der Waals surface area contributed by atoms with Gasteiger partial charge in [0.15, 0.2) is 0 Å². The fourth-order valence-electron chi connectivity index (χ4n) is 1.23. The molecule has 0 fully saturated rings. The molecule has 1 heterocycles. The summed E-state index contributed by atoms with van der Waals surface area (Å²) in [5.74, 6) is 0. The van der Waals surface area contributed by atoms with Gasteiger partial charge in [0.05, 0.1) is 18.9 Å². The predicted molar refractivity (Wildman–Crippen MR) is 51.4 cm³/mol. The van der Waals surface area contributed by atoms with Crippen molar-refractivity contribution in [2.24, 2.45) is 7.05 Å². The number of aliphatic hydroxyl groups excluding tert-OH is 1. The van der Waals surface area contributed by atoms with Crippen molar-refractivity contribution in [2.75, 3.05) is 13.2 Å². The Labute approximate surface area is 83.0 Å². The molecule has 0 aliphatic rings. The number of aromatic nitrogens is 2. The van der Waals surface area contributed by atoms with Gasteiger partial charge in [0.2, 0.25) is 0 Å². The molecule has 0 radical (unpaired) electrons. The summed E-state index contributed by atoms with van der Waals surface area (Å²) < 4.78 is 1.72. The van der Waals surface area contributed by atoms with Crippen LogP contribution >= 0.6 is 0 Å². The van der Waals surface area contributed by atoms with Gasteiger partial charge in [-0.15, -0.1) is 0 Å². The highest BCUT2D eigenvalue weighted by Gasteiger charge is 2.14. The lowest BCUT2D eigenvalue weighted by molar-refractivity contribution is 0.289. The Balaban J connectivity index is 2.80. The molecule has 0 saturated heterocycles. The number of aryl methyl sites for hydroxylation is 1. The van der Waals surface area contributed by atoms with Crippen molar-refractivity contribution in [3.63, 3.8) is 0 Å². The van der Waals surface area contributed by atoms with Crippen LogP contribution in [0.5, 0.6) is 0 Å². The van der Waals surface area contributed by atoms with Crippen LogP contribution in [0.2, 0.25) is 0 Å². The smallest absolute Gasteiger partial charge is 0.124 e. The third kappa shape index (κ3) is 2.10. The number of hydrogen-bond donors (Lipinski definition) is 2. The van der Waals surface area contributed by atoms with Crippen LogP contribution in [-0.2, 0) is 7.05 Å². The topological polar surface area (TPSA) is 73.9 Å². The maximum atomic E-state index is 8.91. The largest absolute Gasteiger partial charge is 0.395 e. The number of rotatable bonds is 4. The Morgan fingerprint density at radius 2 is 2.50 bits per heavy atom. The van der Waals surface area contributed by atoms with Crippen molar-refractivity contribution < 1.29 is 5.11 Å². The van der Waals surface area contributed by atoms with Crippen molar-refractivity contribution in [1.82, 2.24) is 15.1 Å². The standard InChI is InChI=1S/C9H14N4O/c1-7-8(6-12-13(7)2)9(5-10)11-3-4-14/h6,9,11,14H,3-4H2,1-2H3. The second kappa shape index (κ2) is 4.74. The summed E-state index contributed by atoms with van der Waals surface area (Å²) in [6.45, 7) is 2.34. The predicted octanol–water partition coefficient (Wildman–Crippen LogP) is -0.125. The van der Waals surface area contributed by atoms with Crippen molar-refractivity contribution >= 4 is 0 Å². The lowest BCUT2D eigenvalue weighted by Gasteiger charge is -2.09. The second-order valence-corrected chi connectivity index (χ2v) is 3.05. The molecule has 1 rings (SSSR count). The molecule has 1 atom stereocenters. The number of nitrogens with zero attached hydrogens (tertiary/aromatic N) is 3. The Bertz CT molecular complexity index is 339. The zero-order valence-corrected chi connectivity index (χ0v) is 8.36. The summed E-state index contributed by atoms with van der Waals surface area (Å²) in [5.41, 5.74) is 1.82. The monoisotopic (exact) mass is 194 g/mol. The Morgan fingerprint density at radius 1 is 1.79 bits per heavy atom. The molecular formula is C9H14N4O. The van der Waals surface area contributed by atoms with E-state index in [1.807, 2.05) is 14.0 Å². The summed E-state index contributed by atoms with van der Waals surface area (Å²) in [7, 11) is 1.83. The summed E-state index contributed by atoms with van der Waals surface area (Å²) >= 11 is 0. The van der Waals surface area contributed by atoms with E-state index in [9.17, 15) is 0 Å². The minimum Gasteiger partial charge on any atom is -0.395 e. The molecule has 76 valence electrons. The Kier molecular flexibility index (Phi) is 3.63. The zero-order chi connectivity index (χ0) is 10.6. The van der Waals surface area contributed by atoms with Crippen molar-refractivity contribution in [3.05, 3.63) is 17.5 Å². The Morgan fingerprint density at radius 3 is 2.93 bits per heavy atom. The highest BCUT2D eigenvalue weighted by Crippen LogP contribution is 2.15. The molecule has 0 aromatic carbocycles. The fraction of sp³-hybridized carbons (Fsp3) is 0.556. The summed E-state index contributed by atoms with van der Waals surface area (Å²) in [4.78, 5) is 0. The SMILES string of the molecule is Cc1c(C(C#N)NCCO)cnn1C. The van der Waals surface area contributed by atoms with E-state index in [0.29, 0.717) is 6.54 Å². The molecule has 0 amide bonds. The van der Waals surface area contributed by atoms with Crippen molar-refractivity contribution in [1.29, 1.82) is 5.26 Å². The summed E-state index contributed by atoms with van der Waals surface area (Å²) in [5, 5.41) is 24.5. The minimum atomic E-state index is -0.393. The first-order valence-electron chi connectivity index (χ1n) is 4.43. The molecule has 0 saturated carbocycles. The quantitative estimate of drug-likeness (QED) is 0.700. The van der Waals surface area contributed by atoms with E-state index < -0.39 is 6.04 Å². The average Bonchev–Trinajstić information content (AvgIpc) is 2.51. The second-order valence-electron chi connectivity index (χ2n) is 3.05. The van der Waals surface area contributed by atoms with Gasteiger partial charge in [-0.3, -0.25) is 10.00 Å². The van der Waals surface area contributed by atoms with Crippen LogP contribution in [0.3, 0.4) is 0 Å². The van der Waals surface area contributed by atoms with E-state index in [1.54, 1.807) is 10.9 Å². The van der Waals surface area contributed by atoms with Crippen LogP contribution in [0.4, 0.5) is 0 Å². The number of nitrogens with one attached hydrogen (secondary N) is 1. The molecule has 5 nitrogen and oxygen atoms in total. The van der Waals surface area contributed by atoms with Gasteiger partial charge in [-0.1, -0.05) is 0 Å². The van der Waals surface area contributed by atoms with Gasteiger partial charge in [0.25, 0.3) is 0 Å². The molecule has 5 heteroatoms. The normalized spacial score (nSPS) is 12.4. The van der Waals surface area contributed by atoms with Gasteiger partial charge in [0, 0.05) is 24.8 Å². The molecular weight excluding hydrogens is 180 g/mol. The maximum absolute atomic E-state index is 8.91. The molecule has 1 unspecified atom stereocenters. The lowest BCUT2D eigenvalue weighted by atomic mass is 10.1. The fourth-order valence-corrected chi connectivity index (χ4v) is 1.23. The third-order valence-electron chi connectivity index (χ3n) is 2.17. The van der Waals surface area contributed by atoms with E-state index in [-0.39, 0.29) is 6.61 Å². The van der Waals surface area contributed by atoms with Crippen LogP contribution in [-0.4, -0.2) is 28.0 Å². The molecule has 2 N–H and O–H groups in total. The summed E-state index contributed by atoms with van der Waals surface area (Å²) in [6, 6.07) is 1.74. The van der Waals surface area contributed by atoms with Crippen molar-refractivity contribution in [3.8, 4) is 6.07 Å². The first-order valence-corrected chi connectivity index (χ1v) is 4.43. The third-order valence-corrected chi connectivity index (χ3v) is 2.17. The molecule has 0 aliphatic heterocycles. The van der Waals surface area contributed by atoms with Gasteiger partial charge in [-0.05, 0) is 6.92 Å². The van der Waals surface area contributed by atoms with Gasteiger partial charge in [-0.2, -0.15) is 10.4 Å². The first kappa shape index (κ1) is 10.7. The van der Waals surface area contributed by atoms with Crippen LogP contribution in [0.1, 0.15) is 17.3 Å². The molecule has 0 aliphatic carbocycles. The van der Waals surface area contributed by atoms with E-state index in [0.717, 1.165) is 11.3 Å². The van der Waals surface area contributed by atoms with Crippen LogP contribution in [0.15, 0.2) is 6.20 Å². The van der Waals surface area contributed by atoms with Crippen LogP contribution in [0.25, 0.3) is 0 Å². The van der Waals surface area contributed by atoms with Gasteiger partial charge < -0.3 is 5.11 Å². The van der Waals surface area contributed by atoms with E-state index in [1.165, 1.54) is 0 Å². The summed E-state index contributed by atoms with van der Waals surface area (Å²) in [6.07, 6.45) is 1.67. The number of nitriles is 1. The van der Waals surface area contributed by atoms with Gasteiger partial charge in [0.1, 0.15) is 6.04 Å². The Hall–Kier alpha value is -1.38. The molecule has 0 spiro atoms. The molecule has 14 heavy (non-hydrogen) atoms. The lowest BCUT2D eigenvalue weighted by Crippen LogP contribution is -2.23. The van der Waals surface area contributed by atoms with Crippen LogP contribution in [0, 0.1) is 18.3 Å². The maximum Gasteiger partial charge on any atom is 0.124 e. The first-order chi connectivity index (χ1) is 6.70. The highest BCUT2D eigenvalue weighted by atomic mass is 16.3. The molecule has 1 aromatic rings. The highest BCUT2D eigenvalue weighted by molar-refractivity contribution is 5.25. The molecule has 1 aromatic heterocycles. The average molecular weight is 194 g/mol. The van der Waals surface area contributed by atoms with Gasteiger partial charge >= 0.3 is 0 Å². The van der Waals surface area contributed by atoms with E-state index >= 15 is 0 Å². The van der Waals surface area contributed by atoms with Gasteiger partial charge in [-0.25, -0.2) is 0 Å². The van der Waals surface area contributed by atoms with Crippen LogP contribution < -0.4 is 5.32 Å².